The van der Waals surface area contributed by atoms with Crippen LogP contribution in [0.2, 0.25) is 5.02 Å². The molecule has 21 heavy (non-hydrogen) atoms. The van der Waals surface area contributed by atoms with Crippen molar-refractivity contribution in [2.45, 2.75) is 13.1 Å². The van der Waals surface area contributed by atoms with E-state index in [1.807, 2.05) is 24.3 Å². The third-order valence-electron chi connectivity index (χ3n) is 3.34. The first-order valence-corrected chi connectivity index (χ1v) is 7.72. The first kappa shape index (κ1) is 14.6. The van der Waals surface area contributed by atoms with Gasteiger partial charge in [-0.3, -0.25) is 0 Å². The van der Waals surface area contributed by atoms with Crippen molar-refractivity contribution in [3.63, 3.8) is 0 Å². The highest BCUT2D eigenvalue weighted by Gasteiger charge is 2.09. The Morgan fingerprint density at radius 3 is 2.76 bits per heavy atom. The number of para-hydroxylation sites is 1. The van der Waals surface area contributed by atoms with Gasteiger partial charge in [-0.1, -0.05) is 45.7 Å². The molecule has 0 atom stereocenters. The van der Waals surface area contributed by atoms with Gasteiger partial charge in [0.05, 0.1) is 5.02 Å². The van der Waals surface area contributed by atoms with E-state index >= 15 is 0 Å². The van der Waals surface area contributed by atoms with Crippen molar-refractivity contribution >= 4 is 38.4 Å². The van der Waals surface area contributed by atoms with Crippen molar-refractivity contribution in [3.05, 3.63) is 69.0 Å². The molecule has 0 saturated carbocycles. The van der Waals surface area contributed by atoms with Gasteiger partial charge in [0.15, 0.2) is 0 Å². The summed E-state index contributed by atoms with van der Waals surface area (Å²) in [7, 11) is 0. The molecule has 0 bridgehead atoms. The van der Waals surface area contributed by atoms with Crippen LogP contribution in [-0.4, -0.2) is 4.98 Å². The first-order valence-electron chi connectivity index (χ1n) is 6.55. The number of fused-ring (bicyclic) bond motifs is 1. The van der Waals surface area contributed by atoms with Crippen LogP contribution >= 0.6 is 27.5 Å². The summed E-state index contributed by atoms with van der Waals surface area (Å²) in [6, 6.07) is 12.8. The van der Waals surface area contributed by atoms with Crippen molar-refractivity contribution in [1.29, 1.82) is 0 Å². The highest BCUT2D eigenvalue weighted by Crippen LogP contribution is 2.27. The molecule has 2 nitrogen and oxygen atoms in total. The van der Waals surface area contributed by atoms with Gasteiger partial charge in [-0.2, -0.15) is 0 Å². The maximum Gasteiger partial charge on any atom is 0.127 e. The van der Waals surface area contributed by atoms with Gasteiger partial charge in [-0.15, -0.1) is 0 Å². The SMILES string of the molecule is Fc1ccc(Br)cc1CNCc1[nH]c2ccccc2c1Cl. The molecule has 0 radical (unpaired) electrons. The van der Waals surface area contributed by atoms with Gasteiger partial charge in [0, 0.05) is 39.7 Å². The second kappa shape index (κ2) is 6.18. The highest BCUT2D eigenvalue weighted by molar-refractivity contribution is 9.10. The monoisotopic (exact) mass is 366 g/mol. The van der Waals surface area contributed by atoms with E-state index in [4.69, 9.17) is 11.6 Å². The van der Waals surface area contributed by atoms with E-state index in [9.17, 15) is 4.39 Å². The number of hydrogen-bond donors (Lipinski definition) is 2. The van der Waals surface area contributed by atoms with Crippen LogP contribution in [0.15, 0.2) is 46.9 Å². The van der Waals surface area contributed by atoms with Crippen LogP contribution in [0.3, 0.4) is 0 Å². The van der Waals surface area contributed by atoms with Crippen molar-refractivity contribution in [1.82, 2.24) is 10.3 Å². The van der Waals surface area contributed by atoms with Gasteiger partial charge in [-0.25, -0.2) is 4.39 Å². The van der Waals surface area contributed by atoms with Gasteiger partial charge >= 0.3 is 0 Å². The summed E-state index contributed by atoms with van der Waals surface area (Å²) >= 11 is 9.69. The molecule has 2 aromatic carbocycles. The normalized spacial score (nSPS) is 11.2. The summed E-state index contributed by atoms with van der Waals surface area (Å²) in [4.78, 5) is 3.28. The Hall–Kier alpha value is -1.36. The number of halogens is 3. The van der Waals surface area contributed by atoms with Crippen LogP contribution in [0.25, 0.3) is 10.9 Å². The molecule has 0 spiro atoms. The number of rotatable bonds is 4. The molecule has 0 aliphatic rings. The topological polar surface area (TPSA) is 27.8 Å². The zero-order chi connectivity index (χ0) is 14.8. The van der Waals surface area contributed by atoms with Crippen molar-refractivity contribution in [2.75, 3.05) is 0 Å². The predicted octanol–water partition coefficient (Wildman–Crippen LogP) is 5.01. The van der Waals surface area contributed by atoms with E-state index in [1.54, 1.807) is 12.1 Å². The minimum atomic E-state index is -0.214. The van der Waals surface area contributed by atoms with Crippen molar-refractivity contribution in [3.8, 4) is 0 Å². The van der Waals surface area contributed by atoms with E-state index in [-0.39, 0.29) is 5.82 Å². The molecular formula is C16H13BrClFN2. The Bertz CT molecular complexity index is 785. The molecule has 1 heterocycles. The summed E-state index contributed by atoms with van der Waals surface area (Å²) in [5.41, 5.74) is 2.54. The fraction of sp³-hybridized carbons (Fsp3) is 0.125. The molecule has 0 amide bonds. The van der Waals surface area contributed by atoms with Crippen LogP contribution in [0, 0.1) is 5.82 Å². The summed E-state index contributed by atoms with van der Waals surface area (Å²) in [6.07, 6.45) is 0. The fourth-order valence-electron chi connectivity index (χ4n) is 2.29. The minimum Gasteiger partial charge on any atom is -0.356 e. The third-order valence-corrected chi connectivity index (χ3v) is 4.26. The molecule has 3 aromatic rings. The van der Waals surface area contributed by atoms with Gasteiger partial charge in [-0.05, 0) is 24.3 Å². The molecule has 3 rings (SSSR count). The molecule has 5 heteroatoms. The molecule has 1 aromatic heterocycles. The lowest BCUT2D eigenvalue weighted by Gasteiger charge is -2.06. The summed E-state index contributed by atoms with van der Waals surface area (Å²) in [6.45, 7) is 0.996. The largest absolute Gasteiger partial charge is 0.356 e. The quantitative estimate of drug-likeness (QED) is 0.666. The van der Waals surface area contributed by atoms with E-state index in [0.29, 0.717) is 23.7 Å². The lowest BCUT2D eigenvalue weighted by molar-refractivity contribution is 0.586. The smallest absolute Gasteiger partial charge is 0.127 e. The lowest BCUT2D eigenvalue weighted by Crippen LogP contribution is -2.14. The van der Waals surface area contributed by atoms with Crippen LogP contribution in [0.5, 0.6) is 0 Å². The second-order valence-corrected chi connectivity index (χ2v) is 6.10. The van der Waals surface area contributed by atoms with E-state index in [2.05, 4.69) is 26.2 Å². The van der Waals surface area contributed by atoms with Gasteiger partial charge in [0.1, 0.15) is 5.82 Å². The number of H-pyrrole nitrogens is 1. The first-order chi connectivity index (χ1) is 10.1. The van der Waals surface area contributed by atoms with Crippen LogP contribution in [0.4, 0.5) is 4.39 Å². The molecule has 0 aliphatic carbocycles. The molecule has 0 aliphatic heterocycles. The molecule has 2 N–H and O–H groups in total. The fourth-order valence-corrected chi connectivity index (χ4v) is 2.97. The van der Waals surface area contributed by atoms with Crippen LogP contribution < -0.4 is 5.32 Å². The summed E-state index contributed by atoms with van der Waals surface area (Å²) < 4.78 is 14.5. The van der Waals surface area contributed by atoms with Gasteiger partial charge < -0.3 is 10.3 Å². The number of aromatic amines is 1. The Morgan fingerprint density at radius 2 is 1.95 bits per heavy atom. The number of nitrogens with one attached hydrogen (secondary N) is 2. The number of benzene rings is 2. The number of hydrogen-bond acceptors (Lipinski definition) is 1. The maximum absolute atomic E-state index is 13.6. The van der Waals surface area contributed by atoms with E-state index in [0.717, 1.165) is 21.1 Å². The molecule has 0 unspecified atom stereocenters. The Labute approximate surface area is 135 Å². The van der Waals surface area contributed by atoms with Crippen LogP contribution in [0.1, 0.15) is 11.3 Å². The third kappa shape index (κ3) is 3.12. The molecule has 0 fully saturated rings. The lowest BCUT2D eigenvalue weighted by atomic mass is 10.2. The van der Waals surface area contributed by atoms with E-state index < -0.39 is 0 Å². The van der Waals surface area contributed by atoms with E-state index in [1.165, 1.54) is 6.07 Å². The standard InChI is InChI=1S/C16H13BrClFN2/c17-11-5-6-13(19)10(7-11)8-20-9-15-16(18)12-3-1-2-4-14(12)21-15/h1-7,20-21H,8-9H2. The predicted molar refractivity (Wildman–Crippen MR) is 88.0 cm³/mol. The average molecular weight is 368 g/mol. The molecule has 0 saturated heterocycles. The van der Waals surface area contributed by atoms with Crippen molar-refractivity contribution in [2.24, 2.45) is 0 Å². The molecular weight excluding hydrogens is 355 g/mol. The zero-order valence-corrected chi connectivity index (χ0v) is 13.4. The zero-order valence-electron chi connectivity index (χ0n) is 11.1. The second-order valence-electron chi connectivity index (χ2n) is 4.80. The summed E-state index contributed by atoms with van der Waals surface area (Å²) in [5, 5.41) is 4.93. The van der Waals surface area contributed by atoms with Crippen molar-refractivity contribution < 1.29 is 4.39 Å². The van der Waals surface area contributed by atoms with Gasteiger partial charge in [0.25, 0.3) is 0 Å². The Morgan fingerprint density at radius 1 is 1.14 bits per heavy atom. The molecule has 108 valence electrons. The van der Waals surface area contributed by atoms with Crippen LogP contribution in [-0.2, 0) is 13.1 Å². The Kier molecular flexibility index (Phi) is 4.29. The Balaban J connectivity index is 1.72. The summed E-state index contributed by atoms with van der Waals surface area (Å²) in [5.74, 6) is -0.214. The maximum atomic E-state index is 13.6. The average Bonchev–Trinajstić information content (AvgIpc) is 2.80. The van der Waals surface area contributed by atoms with Gasteiger partial charge in [0.2, 0.25) is 0 Å². The minimum absolute atomic E-state index is 0.214. The number of aromatic nitrogens is 1. The highest BCUT2D eigenvalue weighted by atomic mass is 79.9.